The molecule has 4 aromatic rings. The van der Waals surface area contributed by atoms with E-state index >= 15 is 0 Å². The van der Waals surface area contributed by atoms with Gasteiger partial charge in [-0.1, -0.05) is 86.6 Å². The molecule has 0 saturated carbocycles. The van der Waals surface area contributed by atoms with Gasteiger partial charge in [-0.15, -0.1) is 0 Å². The molecule has 4 nitrogen and oxygen atoms in total. The smallest absolute Gasteiger partial charge is 0.294 e. The van der Waals surface area contributed by atoms with Crippen LogP contribution in [0, 0.1) is 6.92 Å². The maximum atomic E-state index is 12.1. The highest BCUT2D eigenvalue weighted by Gasteiger charge is 2.53. The molecule has 0 aromatic heterocycles. The lowest BCUT2D eigenvalue weighted by atomic mass is 9.58. The van der Waals surface area contributed by atoms with E-state index in [1.165, 1.54) is 22.8 Å². The topological polar surface area (TPSA) is 63.6 Å². The van der Waals surface area contributed by atoms with Crippen LogP contribution >= 0.6 is 0 Å². The van der Waals surface area contributed by atoms with Crippen molar-refractivity contribution in [3.05, 3.63) is 129 Å². The number of rotatable bonds is 4. The molecule has 176 valence electrons. The third-order valence-electron chi connectivity index (χ3n) is 7.42. The van der Waals surface area contributed by atoms with E-state index in [0.29, 0.717) is 16.9 Å². The van der Waals surface area contributed by atoms with E-state index in [-0.39, 0.29) is 16.7 Å². The fourth-order valence-corrected chi connectivity index (χ4v) is 6.86. The third kappa shape index (κ3) is 3.05. The summed E-state index contributed by atoms with van der Waals surface area (Å²) >= 11 is 0. The van der Waals surface area contributed by atoms with Crippen LogP contribution in [0.25, 0.3) is 0 Å². The number of aryl methyl sites for hydroxylation is 1. The summed E-state index contributed by atoms with van der Waals surface area (Å²) in [5.74, 6) is 0.612. The fraction of sp³-hybridized carbons (Fsp3) is 0.200. The lowest BCUT2D eigenvalue weighted by molar-refractivity contribution is 0.141. The molecule has 1 N–H and O–H groups in total. The summed E-state index contributed by atoms with van der Waals surface area (Å²) in [6.45, 7) is 5.64. The maximum absolute atomic E-state index is 12.1. The molecule has 0 amide bonds. The molecule has 4 aromatic carbocycles. The van der Waals surface area contributed by atoms with Gasteiger partial charge >= 0.3 is 0 Å². The number of hydrogen-bond donors (Lipinski definition) is 1. The second-order valence-corrected chi connectivity index (χ2v) is 11.2. The second kappa shape index (κ2) is 7.54. The van der Waals surface area contributed by atoms with Crippen LogP contribution in [0.2, 0.25) is 0 Å². The van der Waals surface area contributed by atoms with Crippen LogP contribution in [-0.2, 0) is 15.7 Å². The molecule has 0 saturated heterocycles. The molecule has 5 heteroatoms. The van der Waals surface area contributed by atoms with Crippen molar-refractivity contribution in [2.24, 2.45) is 0 Å². The van der Waals surface area contributed by atoms with Crippen molar-refractivity contribution in [3.63, 3.8) is 0 Å². The van der Waals surface area contributed by atoms with Crippen LogP contribution in [0.4, 0.5) is 0 Å². The van der Waals surface area contributed by atoms with Crippen molar-refractivity contribution in [3.8, 4) is 5.75 Å². The van der Waals surface area contributed by atoms with E-state index in [0.717, 1.165) is 16.7 Å². The van der Waals surface area contributed by atoms with E-state index in [2.05, 4.69) is 54.6 Å². The van der Waals surface area contributed by atoms with Gasteiger partial charge in [0.15, 0.2) is 5.60 Å². The predicted molar refractivity (Wildman–Crippen MR) is 136 cm³/mol. The molecule has 0 aliphatic heterocycles. The first-order chi connectivity index (χ1) is 16.7. The van der Waals surface area contributed by atoms with E-state index in [1.807, 2.05) is 39.0 Å². The Morgan fingerprint density at radius 3 is 1.69 bits per heavy atom. The number of ether oxygens (including phenoxy) is 1. The Morgan fingerprint density at radius 2 is 1.26 bits per heavy atom. The van der Waals surface area contributed by atoms with Crippen molar-refractivity contribution in [1.82, 2.24) is 0 Å². The maximum Gasteiger partial charge on any atom is 0.294 e. The first-order valence-corrected chi connectivity index (χ1v) is 13.3. The Hall–Kier alpha value is -3.41. The Balaban J connectivity index is 1.67. The summed E-state index contributed by atoms with van der Waals surface area (Å²) in [7, 11) is -4.37. The second-order valence-electron chi connectivity index (χ2n) is 9.76. The van der Waals surface area contributed by atoms with E-state index in [9.17, 15) is 13.0 Å². The van der Waals surface area contributed by atoms with Gasteiger partial charge < -0.3 is 4.74 Å². The molecular formula is C30H26O4S. The summed E-state index contributed by atoms with van der Waals surface area (Å²) in [4.78, 5) is -0.0663. The van der Waals surface area contributed by atoms with Gasteiger partial charge in [0, 0.05) is 22.6 Å². The first kappa shape index (κ1) is 22.1. The van der Waals surface area contributed by atoms with E-state index in [4.69, 9.17) is 4.74 Å². The normalized spacial score (nSPS) is 19.7. The zero-order valence-electron chi connectivity index (χ0n) is 19.8. The van der Waals surface area contributed by atoms with E-state index in [1.54, 1.807) is 6.07 Å². The quantitative estimate of drug-likeness (QED) is 0.335. The SMILES string of the molecule is Cc1cc(S(=O)(=O)O)c(C(C)C)cc1OC12c3ccccc3C(c3ccccc31)c1ccccc12. The van der Waals surface area contributed by atoms with Gasteiger partial charge in [0.25, 0.3) is 10.1 Å². The highest BCUT2D eigenvalue weighted by molar-refractivity contribution is 7.85. The van der Waals surface area contributed by atoms with Crippen LogP contribution in [0.15, 0.2) is 89.8 Å². The van der Waals surface area contributed by atoms with Gasteiger partial charge in [-0.25, -0.2) is 0 Å². The van der Waals surface area contributed by atoms with Gasteiger partial charge in [0.1, 0.15) is 5.75 Å². The van der Waals surface area contributed by atoms with Crippen LogP contribution < -0.4 is 4.74 Å². The molecule has 3 aliphatic rings. The molecule has 0 unspecified atom stereocenters. The molecule has 0 spiro atoms. The molecule has 2 bridgehead atoms. The summed E-state index contributed by atoms with van der Waals surface area (Å²) in [6.07, 6.45) is 0. The summed E-state index contributed by atoms with van der Waals surface area (Å²) < 4.78 is 41.3. The van der Waals surface area contributed by atoms with Gasteiger partial charge in [0.2, 0.25) is 0 Å². The Bertz CT molecular complexity index is 1490. The minimum atomic E-state index is -4.37. The lowest BCUT2D eigenvalue weighted by Gasteiger charge is -2.50. The Kier molecular flexibility index (Phi) is 4.76. The zero-order chi connectivity index (χ0) is 24.5. The molecule has 0 atom stereocenters. The lowest BCUT2D eigenvalue weighted by Crippen LogP contribution is -2.46. The standard InChI is InChI=1S/C30H26O4S/c1-18(2)23-17-27(19(3)16-28(23)35(31,32)33)34-30-24-13-7-4-10-20(24)29(21-11-5-8-14-25(21)30)22-12-6-9-15-26(22)30/h4-18,29H,1-3H3,(H,31,32,33). The summed E-state index contributed by atoms with van der Waals surface area (Å²) in [5.41, 5.74) is 7.28. The van der Waals surface area contributed by atoms with Crippen LogP contribution in [0.3, 0.4) is 0 Å². The molecule has 0 fully saturated rings. The monoisotopic (exact) mass is 482 g/mol. The molecule has 0 heterocycles. The average Bonchev–Trinajstić information content (AvgIpc) is 2.84. The minimum absolute atomic E-state index is 0.0663. The highest BCUT2D eigenvalue weighted by atomic mass is 32.2. The molecule has 0 radical (unpaired) electrons. The average molecular weight is 483 g/mol. The van der Waals surface area contributed by atoms with Gasteiger partial charge in [-0.05, 0) is 52.8 Å². The number of benzene rings is 4. The first-order valence-electron chi connectivity index (χ1n) is 11.8. The molecule has 35 heavy (non-hydrogen) atoms. The van der Waals surface area contributed by atoms with E-state index < -0.39 is 15.7 Å². The van der Waals surface area contributed by atoms with Crippen molar-refractivity contribution in [2.75, 3.05) is 0 Å². The molecule has 3 aliphatic carbocycles. The van der Waals surface area contributed by atoms with Crippen molar-refractivity contribution < 1.29 is 17.7 Å². The Morgan fingerprint density at radius 1 is 0.800 bits per heavy atom. The highest BCUT2D eigenvalue weighted by Crippen LogP contribution is 2.59. The predicted octanol–water partition coefficient (Wildman–Crippen LogP) is 6.54. The van der Waals surface area contributed by atoms with Gasteiger partial charge in [0.05, 0.1) is 4.90 Å². The van der Waals surface area contributed by atoms with Gasteiger partial charge in [-0.3, -0.25) is 4.55 Å². The fourth-order valence-electron chi connectivity index (χ4n) is 5.94. The number of hydrogen-bond acceptors (Lipinski definition) is 3. The zero-order valence-corrected chi connectivity index (χ0v) is 20.6. The molecule has 7 rings (SSSR count). The van der Waals surface area contributed by atoms with Crippen LogP contribution in [0.1, 0.15) is 70.2 Å². The Labute approximate surface area is 206 Å². The largest absolute Gasteiger partial charge is 0.473 e. The summed E-state index contributed by atoms with van der Waals surface area (Å²) in [5, 5.41) is 0. The van der Waals surface area contributed by atoms with Crippen molar-refractivity contribution in [1.29, 1.82) is 0 Å². The molecular weight excluding hydrogens is 456 g/mol. The minimum Gasteiger partial charge on any atom is -0.473 e. The van der Waals surface area contributed by atoms with Crippen LogP contribution in [0.5, 0.6) is 5.75 Å². The third-order valence-corrected chi connectivity index (χ3v) is 8.33. The van der Waals surface area contributed by atoms with Gasteiger partial charge in [-0.2, -0.15) is 8.42 Å². The van der Waals surface area contributed by atoms with Crippen molar-refractivity contribution >= 4 is 10.1 Å². The van der Waals surface area contributed by atoms with Crippen LogP contribution in [-0.4, -0.2) is 13.0 Å². The summed E-state index contributed by atoms with van der Waals surface area (Å²) in [6, 6.07) is 28.6. The van der Waals surface area contributed by atoms with Crippen molar-refractivity contribution in [2.45, 2.75) is 43.1 Å².